The maximum absolute atomic E-state index is 13.1. The Kier molecular flexibility index (Phi) is 8.54. The summed E-state index contributed by atoms with van der Waals surface area (Å²) in [6, 6.07) is 7.34. The normalized spacial score (nSPS) is 16.0. The molecule has 3 aromatic rings. The van der Waals surface area contributed by atoms with Gasteiger partial charge in [0.15, 0.2) is 17.7 Å². The molecule has 1 fully saturated rings. The van der Waals surface area contributed by atoms with Crippen molar-refractivity contribution in [2.75, 3.05) is 18.0 Å². The van der Waals surface area contributed by atoms with E-state index >= 15 is 0 Å². The molecule has 0 spiro atoms. The first-order chi connectivity index (χ1) is 19.0. The first-order valence-corrected chi connectivity index (χ1v) is 12.4. The highest BCUT2D eigenvalue weighted by molar-refractivity contribution is 6.30. The Morgan fingerprint density at radius 3 is 2.65 bits per heavy atom. The number of pyridine rings is 1. The van der Waals surface area contributed by atoms with Gasteiger partial charge in [-0.25, -0.2) is 19.4 Å². The molecular formula is C24H25ClF3N9O3. The Morgan fingerprint density at radius 1 is 1.25 bits per heavy atom. The molecular weight excluding hydrogens is 555 g/mol. The van der Waals surface area contributed by atoms with E-state index in [0.29, 0.717) is 34.4 Å². The molecule has 0 bridgehead atoms. The Labute approximate surface area is 231 Å². The van der Waals surface area contributed by atoms with Gasteiger partial charge in [0.25, 0.3) is 0 Å². The SMILES string of the molecule is N=C(c1ccc(Cl)cc1)N(C[C@H](O)C(F)(F)F)C(=O)NCc1ncn(-c2cccnc2N2CCC[C@H]2C(N)=O)n1. The van der Waals surface area contributed by atoms with Crippen LogP contribution in [0.4, 0.5) is 23.8 Å². The minimum atomic E-state index is -5.01. The third kappa shape index (κ3) is 6.48. The number of alkyl halides is 3. The number of carbonyl (C=O) groups is 2. The summed E-state index contributed by atoms with van der Waals surface area (Å²) in [5.74, 6) is -0.482. The van der Waals surface area contributed by atoms with E-state index in [1.807, 2.05) is 0 Å². The predicted octanol–water partition coefficient (Wildman–Crippen LogP) is 2.23. The smallest absolute Gasteiger partial charge is 0.382 e. The quantitative estimate of drug-likeness (QED) is 0.234. The third-order valence-electron chi connectivity index (χ3n) is 6.17. The molecule has 5 N–H and O–H groups in total. The van der Waals surface area contributed by atoms with Gasteiger partial charge in [-0.1, -0.05) is 11.6 Å². The number of urea groups is 1. The molecule has 12 nitrogen and oxygen atoms in total. The largest absolute Gasteiger partial charge is 0.416 e. The number of hydrogen-bond acceptors (Lipinski definition) is 8. The van der Waals surface area contributed by atoms with E-state index in [9.17, 15) is 27.9 Å². The van der Waals surface area contributed by atoms with Crippen LogP contribution in [0, 0.1) is 5.41 Å². The highest BCUT2D eigenvalue weighted by Crippen LogP contribution is 2.28. The van der Waals surface area contributed by atoms with Gasteiger partial charge in [0, 0.05) is 23.3 Å². The van der Waals surface area contributed by atoms with Crippen molar-refractivity contribution in [2.45, 2.75) is 37.7 Å². The molecule has 2 aromatic heterocycles. The number of hydrogen-bond donors (Lipinski definition) is 4. The molecule has 2 atom stereocenters. The molecule has 40 heavy (non-hydrogen) atoms. The number of halogens is 4. The highest BCUT2D eigenvalue weighted by atomic mass is 35.5. The van der Waals surface area contributed by atoms with E-state index in [1.54, 1.807) is 23.2 Å². The van der Waals surface area contributed by atoms with Crippen LogP contribution in [0.3, 0.4) is 0 Å². The zero-order chi connectivity index (χ0) is 29.0. The van der Waals surface area contributed by atoms with Crippen molar-refractivity contribution < 1.29 is 27.9 Å². The number of aliphatic hydroxyl groups is 1. The van der Waals surface area contributed by atoms with Gasteiger partial charge < -0.3 is 21.1 Å². The van der Waals surface area contributed by atoms with E-state index in [-0.39, 0.29) is 17.9 Å². The number of aliphatic hydroxyl groups excluding tert-OH is 1. The number of carbonyl (C=O) groups excluding carboxylic acids is 2. The summed E-state index contributed by atoms with van der Waals surface area (Å²) in [7, 11) is 0. The summed E-state index contributed by atoms with van der Waals surface area (Å²) >= 11 is 5.84. The first kappa shape index (κ1) is 28.8. The molecule has 1 aromatic carbocycles. The van der Waals surface area contributed by atoms with Crippen LogP contribution in [0.1, 0.15) is 24.2 Å². The lowest BCUT2D eigenvalue weighted by atomic mass is 10.2. The van der Waals surface area contributed by atoms with Crippen LogP contribution in [0.2, 0.25) is 5.02 Å². The number of rotatable bonds is 8. The molecule has 1 aliphatic rings. The van der Waals surface area contributed by atoms with Crippen LogP contribution in [0.25, 0.3) is 5.69 Å². The molecule has 3 amide bonds. The number of benzene rings is 1. The summed E-state index contributed by atoms with van der Waals surface area (Å²) in [6.07, 6.45) is -3.64. The van der Waals surface area contributed by atoms with Gasteiger partial charge in [-0.05, 0) is 49.2 Å². The van der Waals surface area contributed by atoms with Crippen molar-refractivity contribution in [3.8, 4) is 5.69 Å². The first-order valence-electron chi connectivity index (χ1n) is 12.0. The lowest BCUT2D eigenvalue weighted by Crippen LogP contribution is -2.50. The Bertz CT molecular complexity index is 1380. The van der Waals surface area contributed by atoms with Gasteiger partial charge in [0.2, 0.25) is 5.91 Å². The number of anilines is 1. The average molecular weight is 580 g/mol. The second-order valence-corrected chi connectivity index (χ2v) is 9.32. The van der Waals surface area contributed by atoms with Crippen molar-refractivity contribution >= 4 is 35.2 Å². The lowest BCUT2D eigenvalue weighted by molar-refractivity contribution is -0.204. The molecule has 1 saturated heterocycles. The molecule has 0 saturated carbocycles. The monoisotopic (exact) mass is 579 g/mol. The lowest BCUT2D eigenvalue weighted by Gasteiger charge is -2.27. The van der Waals surface area contributed by atoms with Crippen LogP contribution in [-0.4, -0.2) is 78.9 Å². The standard InChI is InChI=1S/C24H25ClF3N9O3/c25-15-7-5-14(6-8-15)20(29)36(12-18(38)24(26,27)28)23(40)32-11-19-33-13-37(34-19)17-3-1-9-31-22(17)35-10-2-4-16(35)21(30)39/h1,3,5-9,13,16,18,29,38H,2,4,10-12H2,(H2,30,39)(H,32,40)/t16-,18-/m0/s1. The van der Waals surface area contributed by atoms with Crippen molar-refractivity contribution in [3.63, 3.8) is 0 Å². The van der Waals surface area contributed by atoms with E-state index in [4.69, 9.17) is 22.7 Å². The Balaban J connectivity index is 1.51. The summed E-state index contributed by atoms with van der Waals surface area (Å²) in [5.41, 5.74) is 6.15. The van der Waals surface area contributed by atoms with Crippen LogP contribution < -0.4 is 16.0 Å². The van der Waals surface area contributed by atoms with Gasteiger partial charge in [-0.3, -0.25) is 15.1 Å². The molecule has 3 heterocycles. The Morgan fingerprint density at radius 2 is 1.98 bits per heavy atom. The van der Waals surface area contributed by atoms with E-state index < -0.39 is 42.6 Å². The molecule has 1 aliphatic heterocycles. The minimum absolute atomic E-state index is 0.102. The number of nitrogens with one attached hydrogen (secondary N) is 2. The van der Waals surface area contributed by atoms with E-state index in [1.165, 1.54) is 35.3 Å². The van der Waals surface area contributed by atoms with Gasteiger partial charge in [0.05, 0.1) is 13.1 Å². The molecule has 0 unspecified atom stereocenters. The summed E-state index contributed by atoms with van der Waals surface area (Å²) in [6.45, 7) is -0.954. The second kappa shape index (κ2) is 11.9. The topological polar surface area (TPSA) is 166 Å². The minimum Gasteiger partial charge on any atom is -0.382 e. The van der Waals surface area contributed by atoms with E-state index in [0.717, 1.165) is 6.42 Å². The fraction of sp³-hybridized carbons (Fsp3) is 0.333. The maximum Gasteiger partial charge on any atom is 0.416 e. The molecule has 16 heteroatoms. The zero-order valence-corrected chi connectivity index (χ0v) is 21.6. The van der Waals surface area contributed by atoms with Gasteiger partial charge in [-0.2, -0.15) is 13.2 Å². The third-order valence-corrected chi connectivity index (χ3v) is 6.42. The van der Waals surface area contributed by atoms with Crippen molar-refractivity contribution in [1.29, 1.82) is 5.41 Å². The van der Waals surface area contributed by atoms with Gasteiger partial charge in [-0.15, -0.1) is 5.10 Å². The van der Waals surface area contributed by atoms with Gasteiger partial charge >= 0.3 is 12.2 Å². The fourth-order valence-corrected chi connectivity index (χ4v) is 4.29. The Hall–Kier alpha value is -4.24. The molecule has 0 aliphatic carbocycles. The summed E-state index contributed by atoms with van der Waals surface area (Å²) < 4.78 is 40.6. The average Bonchev–Trinajstić information content (AvgIpc) is 3.60. The van der Waals surface area contributed by atoms with Crippen LogP contribution >= 0.6 is 11.6 Å². The maximum atomic E-state index is 13.1. The second-order valence-electron chi connectivity index (χ2n) is 8.89. The number of amides is 3. The van der Waals surface area contributed by atoms with Crippen molar-refractivity contribution in [1.82, 2.24) is 30.0 Å². The van der Waals surface area contributed by atoms with Crippen LogP contribution in [0.15, 0.2) is 48.9 Å². The number of nitrogens with two attached hydrogens (primary N) is 1. The number of amidine groups is 1. The summed E-state index contributed by atoms with van der Waals surface area (Å²) in [5, 5.41) is 24.9. The molecule has 4 rings (SSSR count). The fourth-order valence-electron chi connectivity index (χ4n) is 4.16. The van der Waals surface area contributed by atoms with Crippen LogP contribution in [-0.2, 0) is 11.3 Å². The zero-order valence-electron chi connectivity index (χ0n) is 20.8. The van der Waals surface area contributed by atoms with Crippen molar-refractivity contribution in [2.24, 2.45) is 5.73 Å². The van der Waals surface area contributed by atoms with E-state index in [2.05, 4.69) is 20.4 Å². The number of nitrogens with zero attached hydrogens (tertiary/aromatic N) is 6. The van der Waals surface area contributed by atoms with Crippen LogP contribution in [0.5, 0.6) is 0 Å². The predicted molar refractivity (Wildman–Crippen MR) is 138 cm³/mol. The van der Waals surface area contributed by atoms with Crippen molar-refractivity contribution in [3.05, 3.63) is 65.3 Å². The van der Waals surface area contributed by atoms with Gasteiger partial charge in [0.1, 0.15) is 23.9 Å². The number of primary amides is 1. The molecule has 0 radical (unpaired) electrons. The molecule has 212 valence electrons. The summed E-state index contributed by atoms with van der Waals surface area (Å²) in [4.78, 5) is 35.6. The highest BCUT2D eigenvalue weighted by Gasteiger charge is 2.41. The number of aromatic nitrogens is 4.